The molecule has 0 unspecified atom stereocenters. The first-order valence-electron chi connectivity index (χ1n) is 9.26. The van der Waals surface area contributed by atoms with Crippen molar-refractivity contribution in [1.82, 2.24) is 14.9 Å². The highest BCUT2D eigenvalue weighted by Crippen LogP contribution is 2.15. The van der Waals surface area contributed by atoms with Gasteiger partial charge in [0.1, 0.15) is 12.4 Å². The number of nitrogens with one attached hydrogen (secondary N) is 2. The van der Waals surface area contributed by atoms with Gasteiger partial charge in [0, 0.05) is 18.6 Å². The molecule has 0 saturated carbocycles. The molecule has 0 saturated heterocycles. The summed E-state index contributed by atoms with van der Waals surface area (Å²) in [5.41, 5.74) is 0.808. The van der Waals surface area contributed by atoms with Gasteiger partial charge in [0.05, 0.1) is 18.0 Å². The van der Waals surface area contributed by atoms with Gasteiger partial charge in [-0.25, -0.2) is 18.1 Å². The molecule has 2 rings (SSSR count). The Kier molecular flexibility index (Phi) is 8.75. The van der Waals surface area contributed by atoms with Crippen LogP contribution in [0, 0.1) is 0 Å². The highest BCUT2D eigenvalue weighted by Gasteiger charge is 2.11. The Bertz CT molecular complexity index is 918. The van der Waals surface area contributed by atoms with Crippen molar-refractivity contribution in [2.45, 2.75) is 18.4 Å². The lowest BCUT2D eigenvalue weighted by Crippen LogP contribution is -2.40. The first-order valence-corrected chi connectivity index (χ1v) is 11.1. The van der Waals surface area contributed by atoms with Crippen molar-refractivity contribution < 1.29 is 13.2 Å². The Morgan fingerprint density at radius 2 is 1.93 bits per heavy atom. The van der Waals surface area contributed by atoms with Crippen LogP contribution in [0.4, 0.5) is 0 Å². The Morgan fingerprint density at radius 1 is 1.21 bits per heavy atom. The van der Waals surface area contributed by atoms with Crippen LogP contribution in [-0.2, 0) is 16.6 Å². The van der Waals surface area contributed by atoms with Crippen LogP contribution < -0.4 is 14.8 Å². The summed E-state index contributed by atoms with van der Waals surface area (Å²) in [5.74, 6) is 1.47. The fourth-order valence-corrected chi connectivity index (χ4v) is 3.43. The maximum atomic E-state index is 12.0. The van der Waals surface area contributed by atoms with E-state index in [0.717, 1.165) is 17.9 Å². The van der Waals surface area contributed by atoms with E-state index < -0.39 is 10.0 Å². The number of sulfonamides is 1. The molecular formula is C20H27ClN4O3S. The molecule has 0 aliphatic carbocycles. The molecule has 0 aliphatic rings. The van der Waals surface area contributed by atoms with Crippen molar-refractivity contribution in [2.75, 3.05) is 33.8 Å². The monoisotopic (exact) mass is 438 g/mol. The molecule has 158 valence electrons. The minimum absolute atomic E-state index is 0.224. The van der Waals surface area contributed by atoms with Crippen molar-refractivity contribution in [2.24, 2.45) is 4.99 Å². The highest BCUT2D eigenvalue weighted by atomic mass is 35.5. The predicted octanol–water partition coefficient (Wildman–Crippen LogP) is 2.72. The van der Waals surface area contributed by atoms with Crippen LogP contribution in [0.15, 0.2) is 58.4 Å². The number of ether oxygens (including phenoxy) is 1. The van der Waals surface area contributed by atoms with Crippen LogP contribution in [0.2, 0.25) is 5.02 Å². The Morgan fingerprint density at radius 3 is 2.59 bits per heavy atom. The molecule has 7 nitrogen and oxygen atoms in total. The quantitative estimate of drug-likeness (QED) is 0.464. The number of nitrogens with zero attached hydrogens (tertiary/aromatic N) is 2. The van der Waals surface area contributed by atoms with Gasteiger partial charge in [-0.2, -0.15) is 0 Å². The second kappa shape index (κ2) is 11.0. The van der Waals surface area contributed by atoms with E-state index in [1.165, 1.54) is 7.05 Å². The first-order chi connectivity index (χ1) is 13.9. The zero-order chi connectivity index (χ0) is 21.3. The molecule has 0 fully saturated rings. The molecule has 0 bridgehead atoms. The number of aliphatic imine (C=N–C) groups is 1. The maximum Gasteiger partial charge on any atom is 0.240 e. The highest BCUT2D eigenvalue weighted by molar-refractivity contribution is 7.89. The van der Waals surface area contributed by atoms with Crippen LogP contribution in [0.25, 0.3) is 0 Å². The van der Waals surface area contributed by atoms with E-state index in [9.17, 15) is 8.42 Å². The minimum atomic E-state index is -3.48. The average Bonchev–Trinajstić information content (AvgIpc) is 2.72. The maximum absolute atomic E-state index is 12.0. The fraction of sp³-hybridized carbons (Fsp3) is 0.350. The topological polar surface area (TPSA) is 83.0 Å². The van der Waals surface area contributed by atoms with Gasteiger partial charge >= 0.3 is 0 Å². The largest absolute Gasteiger partial charge is 0.492 e. The normalized spacial score (nSPS) is 11.9. The number of likely N-dealkylation sites (N-methyl/N-ethyl adjacent to an activating group) is 1. The molecular weight excluding hydrogens is 412 g/mol. The summed E-state index contributed by atoms with van der Waals surface area (Å²) in [7, 11) is -0.158. The Labute approximate surface area is 177 Å². The number of hydrogen-bond acceptors (Lipinski definition) is 4. The summed E-state index contributed by atoms with van der Waals surface area (Å²) in [4.78, 5) is 6.80. The van der Waals surface area contributed by atoms with E-state index in [-0.39, 0.29) is 4.90 Å². The third-order valence-corrected chi connectivity index (χ3v) is 5.76. The molecule has 2 N–H and O–H groups in total. The summed E-state index contributed by atoms with van der Waals surface area (Å²) in [6.07, 6.45) is 0. The summed E-state index contributed by atoms with van der Waals surface area (Å²) in [5, 5.41) is 3.91. The van der Waals surface area contributed by atoms with E-state index >= 15 is 0 Å². The summed E-state index contributed by atoms with van der Waals surface area (Å²) >= 11 is 5.88. The molecule has 0 heterocycles. The van der Waals surface area contributed by atoms with Gasteiger partial charge in [-0.3, -0.25) is 0 Å². The van der Waals surface area contributed by atoms with Crippen LogP contribution in [0.3, 0.4) is 0 Å². The van der Waals surface area contributed by atoms with Gasteiger partial charge in [0.25, 0.3) is 0 Å². The van der Waals surface area contributed by atoms with E-state index in [4.69, 9.17) is 16.3 Å². The van der Waals surface area contributed by atoms with E-state index in [2.05, 4.69) is 15.0 Å². The molecule has 0 radical (unpaired) electrons. The Balaban J connectivity index is 1.99. The van der Waals surface area contributed by atoms with Crippen molar-refractivity contribution in [1.29, 1.82) is 0 Å². The second-order valence-electron chi connectivity index (χ2n) is 6.25. The van der Waals surface area contributed by atoms with Crippen LogP contribution >= 0.6 is 11.6 Å². The molecule has 0 aliphatic heterocycles. The summed E-state index contributed by atoms with van der Waals surface area (Å²) in [6.45, 7) is 4.18. The summed E-state index contributed by atoms with van der Waals surface area (Å²) in [6, 6.07) is 14.0. The minimum Gasteiger partial charge on any atom is -0.492 e. The van der Waals surface area contributed by atoms with Gasteiger partial charge < -0.3 is 15.0 Å². The molecule has 0 spiro atoms. The molecule has 29 heavy (non-hydrogen) atoms. The molecule has 2 aromatic carbocycles. The predicted molar refractivity (Wildman–Crippen MR) is 117 cm³/mol. The third kappa shape index (κ3) is 7.23. The smallest absolute Gasteiger partial charge is 0.240 e. The number of hydrogen-bond donors (Lipinski definition) is 2. The lowest BCUT2D eigenvalue weighted by Gasteiger charge is -2.22. The van der Waals surface area contributed by atoms with Crippen LogP contribution in [0.5, 0.6) is 5.75 Å². The zero-order valence-corrected chi connectivity index (χ0v) is 18.4. The molecule has 0 aromatic heterocycles. The van der Waals surface area contributed by atoms with E-state index in [0.29, 0.717) is 30.7 Å². The van der Waals surface area contributed by atoms with Crippen molar-refractivity contribution >= 4 is 27.6 Å². The SMILES string of the molecule is CCNC(=NCc1cccc(S(=O)(=O)NC)c1)N(C)CCOc1ccc(Cl)cc1. The molecule has 9 heteroatoms. The number of guanidine groups is 1. The van der Waals surface area contributed by atoms with E-state index in [1.54, 1.807) is 30.3 Å². The number of halogens is 1. The van der Waals surface area contributed by atoms with Gasteiger partial charge in [-0.05, 0) is 55.9 Å². The van der Waals surface area contributed by atoms with Gasteiger partial charge in [-0.1, -0.05) is 23.7 Å². The molecule has 2 aromatic rings. The lowest BCUT2D eigenvalue weighted by atomic mass is 10.2. The van der Waals surface area contributed by atoms with Crippen LogP contribution in [0.1, 0.15) is 12.5 Å². The van der Waals surface area contributed by atoms with Gasteiger partial charge in [0.15, 0.2) is 5.96 Å². The van der Waals surface area contributed by atoms with Crippen molar-refractivity contribution in [3.05, 3.63) is 59.1 Å². The number of benzene rings is 2. The molecule has 0 amide bonds. The summed E-state index contributed by atoms with van der Waals surface area (Å²) < 4.78 is 32.0. The molecule has 0 atom stereocenters. The van der Waals surface area contributed by atoms with Gasteiger partial charge in [-0.15, -0.1) is 0 Å². The third-order valence-electron chi connectivity index (χ3n) is 4.09. The van der Waals surface area contributed by atoms with Crippen molar-refractivity contribution in [3.8, 4) is 5.75 Å². The van der Waals surface area contributed by atoms with Gasteiger partial charge in [0.2, 0.25) is 10.0 Å². The Hall–Kier alpha value is -2.29. The standard InChI is InChI=1S/C20H27ClN4O3S/c1-4-23-20(25(3)12-13-28-18-10-8-17(21)9-11-18)24-15-16-6-5-7-19(14-16)29(26,27)22-2/h5-11,14,22H,4,12-13,15H2,1-3H3,(H,23,24). The zero-order valence-electron chi connectivity index (χ0n) is 16.9. The number of rotatable bonds is 9. The van der Waals surface area contributed by atoms with Crippen molar-refractivity contribution in [3.63, 3.8) is 0 Å². The second-order valence-corrected chi connectivity index (χ2v) is 8.57. The van der Waals surface area contributed by atoms with Crippen LogP contribution in [-0.4, -0.2) is 53.1 Å². The average molecular weight is 439 g/mol. The lowest BCUT2D eigenvalue weighted by molar-refractivity contribution is 0.281. The first kappa shape index (κ1) is 23.0. The fourth-order valence-electron chi connectivity index (χ4n) is 2.50. The van der Waals surface area contributed by atoms with E-state index in [1.807, 2.05) is 37.1 Å².